The summed E-state index contributed by atoms with van der Waals surface area (Å²) < 4.78 is 19.4. The topological polar surface area (TPSA) is 70.8 Å². The van der Waals surface area contributed by atoms with Crippen LogP contribution in [0.1, 0.15) is 33.9 Å². The molecular formula is C22H18FNO4. The molecule has 0 bridgehead atoms. The minimum atomic E-state index is -2.03. The molecular weight excluding hydrogens is 361 g/mol. The first kappa shape index (κ1) is 18.1. The summed E-state index contributed by atoms with van der Waals surface area (Å²) in [4.78, 5) is 27.1. The number of ketones is 1. The molecule has 0 fully saturated rings. The van der Waals surface area contributed by atoms with Gasteiger partial charge in [0.05, 0.1) is 18.7 Å². The maximum Gasteiger partial charge on any atom is 0.264 e. The summed E-state index contributed by atoms with van der Waals surface area (Å²) in [7, 11) is 0. The zero-order valence-corrected chi connectivity index (χ0v) is 15.2. The second-order valence-corrected chi connectivity index (χ2v) is 6.87. The van der Waals surface area contributed by atoms with E-state index in [9.17, 15) is 19.1 Å². The van der Waals surface area contributed by atoms with Gasteiger partial charge in [-0.05, 0) is 31.2 Å². The molecule has 1 atom stereocenters. The number of hydrogen-bond acceptors (Lipinski definition) is 4. The van der Waals surface area contributed by atoms with Gasteiger partial charge in [-0.3, -0.25) is 9.59 Å². The third-order valence-corrected chi connectivity index (χ3v) is 4.96. The number of halogens is 1. The van der Waals surface area contributed by atoms with Gasteiger partial charge >= 0.3 is 0 Å². The fraction of sp³-hybridized carbons (Fsp3) is 0.182. The number of nitrogens with zero attached hydrogens (tertiary/aromatic N) is 1. The molecule has 1 aromatic heterocycles. The number of hydrogen-bond donors (Lipinski definition) is 1. The molecule has 28 heavy (non-hydrogen) atoms. The first-order valence-corrected chi connectivity index (χ1v) is 8.87. The molecule has 0 radical (unpaired) electrons. The van der Waals surface area contributed by atoms with Crippen LogP contribution in [0.15, 0.2) is 65.1 Å². The molecule has 0 spiro atoms. The fourth-order valence-electron chi connectivity index (χ4n) is 3.54. The number of Topliss-reactive ketones (excluding diaryl/α,β-unsaturated/α-hetero) is 1. The standard InChI is InChI=1S/C22H18FNO4/c1-14-10-11-20(28-14)19(25)12-22(27)16-7-3-5-9-18(16)24(21(22)26)13-15-6-2-4-8-17(15)23/h2-11,27H,12-13H2,1H3. The van der Waals surface area contributed by atoms with Crippen LogP contribution in [-0.4, -0.2) is 16.8 Å². The number of aliphatic hydroxyl groups is 1. The lowest BCUT2D eigenvalue weighted by Crippen LogP contribution is -2.41. The predicted octanol–water partition coefficient (Wildman–Crippen LogP) is 3.73. The zero-order chi connectivity index (χ0) is 19.9. The van der Waals surface area contributed by atoms with Gasteiger partial charge in [0.1, 0.15) is 11.6 Å². The van der Waals surface area contributed by atoms with E-state index in [1.165, 1.54) is 17.0 Å². The molecule has 1 N–H and O–H groups in total. The van der Waals surface area contributed by atoms with Crippen LogP contribution in [0.5, 0.6) is 0 Å². The van der Waals surface area contributed by atoms with Crippen LogP contribution in [0.3, 0.4) is 0 Å². The van der Waals surface area contributed by atoms with Crippen LogP contribution in [0.2, 0.25) is 0 Å². The van der Waals surface area contributed by atoms with Crippen molar-refractivity contribution in [2.45, 2.75) is 25.5 Å². The number of carbonyl (C=O) groups excluding carboxylic acids is 2. The quantitative estimate of drug-likeness (QED) is 0.686. The van der Waals surface area contributed by atoms with Crippen molar-refractivity contribution in [1.29, 1.82) is 0 Å². The number of aryl methyl sites for hydroxylation is 1. The van der Waals surface area contributed by atoms with Crippen LogP contribution in [-0.2, 0) is 16.9 Å². The number of carbonyl (C=O) groups is 2. The Morgan fingerprint density at radius 2 is 1.82 bits per heavy atom. The fourth-order valence-corrected chi connectivity index (χ4v) is 3.54. The highest BCUT2D eigenvalue weighted by Crippen LogP contribution is 2.43. The first-order chi connectivity index (χ1) is 13.4. The van der Waals surface area contributed by atoms with Crippen molar-refractivity contribution in [2.75, 3.05) is 4.90 Å². The van der Waals surface area contributed by atoms with Crippen molar-refractivity contribution in [3.05, 3.63) is 89.1 Å². The smallest absolute Gasteiger partial charge is 0.264 e. The Morgan fingerprint density at radius 1 is 1.11 bits per heavy atom. The van der Waals surface area contributed by atoms with Gasteiger partial charge in [-0.1, -0.05) is 36.4 Å². The monoisotopic (exact) mass is 379 g/mol. The number of para-hydroxylation sites is 1. The number of anilines is 1. The Labute approximate surface area is 161 Å². The van der Waals surface area contributed by atoms with E-state index in [0.29, 0.717) is 22.6 Å². The SMILES string of the molecule is Cc1ccc(C(=O)CC2(O)C(=O)N(Cc3ccccc3F)c3ccccc32)o1. The van der Waals surface area contributed by atoms with Crippen LogP contribution < -0.4 is 4.90 Å². The van der Waals surface area contributed by atoms with E-state index in [1.807, 2.05) is 0 Å². The molecule has 1 amide bonds. The number of furan rings is 1. The zero-order valence-electron chi connectivity index (χ0n) is 15.2. The van der Waals surface area contributed by atoms with Crippen molar-refractivity contribution in [1.82, 2.24) is 0 Å². The summed E-state index contributed by atoms with van der Waals surface area (Å²) in [5, 5.41) is 11.2. The molecule has 2 aromatic carbocycles. The molecule has 1 unspecified atom stereocenters. The van der Waals surface area contributed by atoms with Gasteiger partial charge in [0, 0.05) is 11.1 Å². The van der Waals surface area contributed by atoms with E-state index in [4.69, 9.17) is 4.42 Å². The van der Waals surface area contributed by atoms with E-state index in [-0.39, 0.29) is 12.3 Å². The molecule has 3 aromatic rings. The highest BCUT2D eigenvalue weighted by Gasteiger charge is 2.51. The Balaban J connectivity index is 1.70. The van der Waals surface area contributed by atoms with Gasteiger partial charge < -0.3 is 14.4 Å². The van der Waals surface area contributed by atoms with E-state index >= 15 is 0 Å². The minimum absolute atomic E-state index is 0.0428. The second kappa shape index (κ2) is 6.73. The summed E-state index contributed by atoms with van der Waals surface area (Å²) in [5.74, 6) is -0.927. The minimum Gasteiger partial charge on any atom is -0.458 e. The highest BCUT2D eigenvalue weighted by atomic mass is 19.1. The molecule has 4 rings (SSSR count). The van der Waals surface area contributed by atoms with Crippen LogP contribution in [0.25, 0.3) is 0 Å². The normalized spacial score (nSPS) is 18.4. The Hall–Kier alpha value is -3.25. The average Bonchev–Trinajstić information content (AvgIpc) is 3.20. The van der Waals surface area contributed by atoms with Crippen LogP contribution in [0.4, 0.5) is 10.1 Å². The van der Waals surface area contributed by atoms with Crippen molar-refractivity contribution in [3.8, 4) is 0 Å². The van der Waals surface area contributed by atoms with Gasteiger partial charge in [0.25, 0.3) is 5.91 Å². The van der Waals surface area contributed by atoms with Crippen molar-refractivity contribution < 1.29 is 23.5 Å². The molecule has 6 heteroatoms. The highest BCUT2D eigenvalue weighted by molar-refractivity contribution is 6.10. The molecule has 0 aliphatic carbocycles. The van der Waals surface area contributed by atoms with Crippen molar-refractivity contribution in [2.24, 2.45) is 0 Å². The molecule has 0 saturated heterocycles. The second-order valence-electron chi connectivity index (χ2n) is 6.87. The van der Waals surface area contributed by atoms with Gasteiger partial charge in [0.2, 0.25) is 5.78 Å². The summed E-state index contributed by atoms with van der Waals surface area (Å²) >= 11 is 0. The van der Waals surface area contributed by atoms with E-state index in [0.717, 1.165) is 0 Å². The summed E-state index contributed by atoms with van der Waals surface area (Å²) in [6, 6.07) is 16.0. The summed E-state index contributed by atoms with van der Waals surface area (Å²) in [6.45, 7) is 1.66. The maximum absolute atomic E-state index is 14.1. The van der Waals surface area contributed by atoms with E-state index < -0.39 is 29.5 Å². The third-order valence-electron chi connectivity index (χ3n) is 4.96. The number of benzene rings is 2. The molecule has 1 aliphatic rings. The lowest BCUT2D eigenvalue weighted by molar-refractivity contribution is -0.136. The van der Waals surface area contributed by atoms with E-state index in [2.05, 4.69) is 0 Å². The molecule has 0 saturated carbocycles. The van der Waals surface area contributed by atoms with Gasteiger partial charge in [-0.15, -0.1) is 0 Å². The lowest BCUT2D eigenvalue weighted by atomic mass is 9.89. The molecule has 142 valence electrons. The van der Waals surface area contributed by atoms with Crippen LogP contribution in [0, 0.1) is 12.7 Å². The maximum atomic E-state index is 14.1. The Kier molecular flexibility index (Phi) is 4.35. The average molecular weight is 379 g/mol. The number of rotatable bonds is 5. The Bertz CT molecular complexity index is 1070. The van der Waals surface area contributed by atoms with Gasteiger partial charge in [-0.2, -0.15) is 0 Å². The largest absolute Gasteiger partial charge is 0.458 e. The van der Waals surface area contributed by atoms with E-state index in [1.54, 1.807) is 55.5 Å². The lowest BCUT2D eigenvalue weighted by Gasteiger charge is -2.22. The molecule has 2 heterocycles. The third kappa shape index (κ3) is 2.92. The molecule has 1 aliphatic heterocycles. The summed E-state index contributed by atoms with van der Waals surface area (Å²) in [6.07, 6.45) is -0.455. The van der Waals surface area contributed by atoms with Crippen LogP contribution >= 0.6 is 0 Å². The predicted molar refractivity (Wildman–Crippen MR) is 100 cm³/mol. The first-order valence-electron chi connectivity index (χ1n) is 8.87. The number of amides is 1. The van der Waals surface area contributed by atoms with Crippen molar-refractivity contribution in [3.63, 3.8) is 0 Å². The van der Waals surface area contributed by atoms with Crippen molar-refractivity contribution >= 4 is 17.4 Å². The summed E-state index contributed by atoms with van der Waals surface area (Å²) in [5.41, 5.74) is -0.919. The number of fused-ring (bicyclic) bond motifs is 1. The van der Waals surface area contributed by atoms with Gasteiger partial charge in [0.15, 0.2) is 11.4 Å². The molecule has 5 nitrogen and oxygen atoms in total. The Morgan fingerprint density at radius 3 is 2.54 bits per heavy atom. The van der Waals surface area contributed by atoms with Gasteiger partial charge in [-0.25, -0.2) is 4.39 Å².